The number of hydrogen-bond donors (Lipinski definition) is 1. The molecule has 0 radical (unpaired) electrons. The molecule has 0 bridgehead atoms. The Bertz CT molecular complexity index is 908. The molecule has 0 heterocycles. The predicted octanol–water partition coefficient (Wildman–Crippen LogP) is 5.32. The van der Waals surface area contributed by atoms with Crippen molar-refractivity contribution in [3.8, 4) is 11.5 Å². The number of hydrogen-bond acceptors (Lipinski definition) is 2. The molecule has 0 aromatic heterocycles. The number of rotatable bonds is 4. The third-order valence-corrected chi connectivity index (χ3v) is 3.51. The van der Waals surface area contributed by atoms with E-state index in [1.165, 1.54) is 0 Å². The molecule has 0 saturated carbocycles. The van der Waals surface area contributed by atoms with E-state index >= 15 is 0 Å². The van der Waals surface area contributed by atoms with Crippen LogP contribution in [0.4, 0.5) is 14.5 Å². The zero-order chi connectivity index (χ0) is 17.8. The lowest BCUT2D eigenvalue weighted by atomic mass is 10.2. The molecule has 0 fully saturated rings. The summed E-state index contributed by atoms with van der Waals surface area (Å²) in [6.45, 7) is 1.97. The van der Waals surface area contributed by atoms with Crippen LogP contribution in [0.25, 0.3) is 0 Å². The molecule has 0 unspecified atom stereocenters. The lowest BCUT2D eigenvalue weighted by Crippen LogP contribution is -2.13. The van der Waals surface area contributed by atoms with Gasteiger partial charge in [-0.25, -0.2) is 8.78 Å². The van der Waals surface area contributed by atoms with E-state index in [4.69, 9.17) is 4.74 Å². The minimum absolute atomic E-state index is 0.221. The van der Waals surface area contributed by atoms with Crippen molar-refractivity contribution in [1.29, 1.82) is 0 Å². The van der Waals surface area contributed by atoms with Gasteiger partial charge >= 0.3 is 0 Å². The van der Waals surface area contributed by atoms with Gasteiger partial charge in [-0.1, -0.05) is 12.1 Å². The molecule has 1 amide bonds. The molecular weight excluding hydrogens is 324 g/mol. The van der Waals surface area contributed by atoms with Crippen LogP contribution in [0.1, 0.15) is 15.9 Å². The Labute approximate surface area is 143 Å². The SMILES string of the molecule is Cc1cccc(Oc2ccc(NC(=O)c3ccc(F)cc3F)cc2)c1. The maximum Gasteiger partial charge on any atom is 0.258 e. The number of halogens is 2. The second-order valence-electron chi connectivity index (χ2n) is 5.52. The summed E-state index contributed by atoms with van der Waals surface area (Å²) >= 11 is 0. The minimum atomic E-state index is -0.906. The Morgan fingerprint density at radius 3 is 2.36 bits per heavy atom. The van der Waals surface area contributed by atoms with E-state index in [0.717, 1.165) is 17.7 Å². The van der Waals surface area contributed by atoms with Crippen molar-refractivity contribution in [3.05, 3.63) is 89.5 Å². The zero-order valence-corrected chi connectivity index (χ0v) is 13.4. The fraction of sp³-hybridized carbons (Fsp3) is 0.0500. The Hall–Kier alpha value is -3.21. The van der Waals surface area contributed by atoms with Crippen LogP contribution in [0, 0.1) is 18.6 Å². The molecule has 25 heavy (non-hydrogen) atoms. The summed E-state index contributed by atoms with van der Waals surface area (Å²) in [4.78, 5) is 12.1. The van der Waals surface area contributed by atoms with Crippen molar-refractivity contribution in [2.45, 2.75) is 6.92 Å². The summed E-state index contributed by atoms with van der Waals surface area (Å²) in [5.41, 5.74) is 1.34. The average Bonchev–Trinajstić information content (AvgIpc) is 2.56. The van der Waals surface area contributed by atoms with Gasteiger partial charge in [0, 0.05) is 11.8 Å². The highest BCUT2D eigenvalue weighted by Gasteiger charge is 2.12. The number of aryl methyl sites for hydroxylation is 1. The fourth-order valence-electron chi connectivity index (χ4n) is 2.29. The lowest BCUT2D eigenvalue weighted by molar-refractivity contribution is 0.102. The van der Waals surface area contributed by atoms with Crippen LogP contribution >= 0.6 is 0 Å². The van der Waals surface area contributed by atoms with Gasteiger partial charge < -0.3 is 10.1 Å². The number of benzene rings is 3. The van der Waals surface area contributed by atoms with Gasteiger partial charge in [0.25, 0.3) is 5.91 Å². The monoisotopic (exact) mass is 339 g/mol. The quantitative estimate of drug-likeness (QED) is 0.699. The lowest BCUT2D eigenvalue weighted by Gasteiger charge is -2.09. The van der Waals surface area contributed by atoms with Crippen molar-refractivity contribution in [1.82, 2.24) is 0 Å². The van der Waals surface area contributed by atoms with Crippen LogP contribution in [0.3, 0.4) is 0 Å². The number of carbonyl (C=O) groups is 1. The van der Waals surface area contributed by atoms with Crippen molar-refractivity contribution in [3.63, 3.8) is 0 Å². The Balaban J connectivity index is 1.69. The van der Waals surface area contributed by atoms with Gasteiger partial charge in [-0.05, 0) is 61.0 Å². The van der Waals surface area contributed by atoms with Crippen LogP contribution in [0.5, 0.6) is 11.5 Å². The van der Waals surface area contributed by atoms with Crippen molar-refractivity contribution < 1.29 is 18.3 Å². The number of nitrogens with one attached hydrogen (secondary N) is 1. The van der Waals surface area contributed by atoms with Gasteiger partial charge in [0.15, 0.2) is 0 Å². The highest BCUT2D eigenvalue weighted by Crippen LogP contribution is 2.24. The standard InChI is InChI=1S/C20H15F2NO2/c1-13-3-2-4-17(11-13)25-16-8-6-15(7-9-16)23-20(24)18-10-5-14(21)12-19(18)22/h2-12H,1H3,(H,23,24). The van der Waals surface area contributed by atoms with E-state index in [-0.39, 0.29) is 5.56 Å². The second-order valence-corrected chi connectivity index (χ2v) is 5.52. The van der Waals surface area contributed by atoms with Gasteiger partial charge in [-0.15, -0.1) is 0 Å². The van der Waals surface area contributed by atoms with E-state index in [9.17, 15) is 13.6 Å². The molecule has 126 valence electrons. The van der Waals surface area contributed by atoms with Gasteiger partial charge in [-0.3, -0.25) is 4.79 Å². The first-order valence-electron chi connectivity index (χ1n) is 7.62. The van der Waals surface area contributed by atoms with Gasteiger partial charge in [0.2, 0.25) is 0 Å². The first-order chi connectivity index (χ1) is 12.0. The van der Waals surface area contributed by atoms with Crippen LogP contribution in [0.15, 0.2) is 66.7 Å². The first kappa shape index (κ1) is 16.6. The highest BCUT2D eigenvalue weighted by atomic mass is 19.1. The molecule has 0 aliphatic carbocycles. The highest BCUT2D eigenvalue weighted by molar-refractivity contribution is 6.04. The topological polar surface area (TPSA) is 38.3 Å². The van der Waals surface area contributed by atoms with Crippen LogP contribution in [-0.4, -0.2) is 5.91 Å². The van der Waals surface area contributed by atoms with Gasteiger partial charge in [0.1, 0.15) is 23.1 Å². The van der Waals surface area contributed by atoms with E-state index < -0.39 is 17.5 Å². The third-order valence-electron chi connectivity index (χ3n) is 3.51. The summed E-state index contributed by atoms with van der Waals surface area (Å²) in [6, 6.07) is 17.1. The normalized spacial score (nSPS) is 10.4. The van der Waals surface area contributed by atoms with Crippen molar-refractivity contribution >= 4 is 11.6 Å². The predicted molar refractivity (Wildman–Crippen MR) is 92.0 cm³/mol. The second kappa shape index (κ2) is 7.13. The summed E-state index contributed by atoms with van der Waals surface area (Å²) < 4.78 is 32.2. The van der Waals surface area contributed by atoms with E-state index in [1.807, 2.05) is 31.2 Å². The maximum atomic E-state index is 13.6. The maximum absolute atomic E-state index is 13.6. The Kier molecular flexibility index (Phi) is 4.75. The molecule has 3 aromatic rings. The van der Waals surface area contributed by atoms with Gasteiger partial charge in [-0.2, -0.15) is 0 Å². The Morgan fingerprint density at radius 1 is 0.920 bits per heavy atom. The minimum Gasteiger partial charge on any atom is -0.457 e. The molecule has 5 heteroatoms. The van der Waals surface area contributed by atoms with Gasteiger partial charge in [0.05, 0.1) is 5.56 Å². The number of ether oxygens (including phenoxy) is 1. The van der Waals surface area contributed by atoms with Crippen LogP contribution in [0.2, 0.25) is 0 Å². The third kappa shape index (κ3) is 4.20. The van der Waals surface area contributed by atoms with Crippen LogP contribution < -0.4 is 10.1 Å². The number of carbonyl (C=O) groups excluding carboxylic acids is 1. The van der Waals surface area contributed by atoms with E-state index in [0.29, 0.717) is 23.3 Å². The molecule has 0 spiro atoms. The van der Waals surface area contributed by atoms with E-state index in [2.05, 4.69) is 5.32 Å². The number of amides is 1. The smallest absolute Gasteiger partial charge is 0.258 e. The van der Waals surface area contributed by atoms with Crippen LogP contribution in [-0.2, 0) is 0 Å². The molecule has 0 aliphatic heterocycles. The molecule has 3 rings (SSSR count). The molecular formula is C20H15F2NO2. The summed E-state index contributed by atoms with van der Waals surface area (Å²) in [7, 11) is 0. The Morgan fingerprint density at radius 2 is 1.68 bits per heavy atom. The largest absolute Gasteiger partial charge is 0.457 e. The summed E-state index contributed by atoms with van der Waals surface area (Å²) in [5.74, 6) is -0.963. The van der Waals surface area contributed by atoms with E-state index in [1.54, 1.807) is 24.3 Å². The summed E-state index contributed by atoms with van der Waals surface area (Å²) in [5, 5.41) is 2.56. The number of anilines is 1. The zero-order valence-electron chi connectivity index (χ0n) is 13.4. The molecule has 3 aromatic carbocycles. The first-order valence-corrected chi connectivity index (χ1v) is 7.62. The average molecular weight is 339 g/mol. The molecule has 0 saturated heterocycles. The summed E-state index contributed by atoms with van der Waals surface area (Å²) in [6.07, 6.45) is 0. The fourth-order valence-corrected chi connectivity index (χ4v) is 2.29. The molecule has 0 atom stereocenters. The van der Waals surface area contributed by atoms with Crippen molar-refractivity contribution in [2.75, 3.05) is 5.32 Å². The molecule has 3 nitrogen and oxygen atoms in total. The molecule has 0 aliphatic rings. The molecule has 1 N–H and O–H groups in total. The van der Waals surface area contributed by atoms with Crippen molar-refractivity contribution in [2.24, 2.45) is 0 Å².